The van der Waals surface area contributed by atoms with Gasteiger partial charge in [-0.15, -0.1) is 0 Å². The van der Waals surface area contributed by atoms with E-state index in [1.165, 1.54) is 6.08 Å². The maximum atomic E-state index is 13.3. The highest BCUT2D eigenvalue weighted by Gasteiger charge is 2.39. The van der Waals surface area contributed by atoms with Gasteiger partial charge >= 0.3 is 12.1 Å². The van der Waals surface area contributed by atoms with Gasteiger partial charge < -0.3 is 15.5 Å². The van der Waals surface area contributed by atoms with E-state index in [1.54, 1.807) is 23.1 Å². The fraction of sp³-hybridized carbons (Fsp3) is 0.440. The van der Waals surface area contributed by atoms with Crippen LogP contribution in [0, 0.1) is 11.8 Å². The van der Waals surface area contributed by atoms with Gasteiger partial charge in [-0.25, -0.2) is 0 Å². The molecule has 11 heteroatoms. The van der Waals surface area contributed by atoms with Crippen LogP contribution in [0.1, 0.15) is 48.0 Å². The number of allylic oxidation sites excluding steroid dienone is 3. The van der Waals surface area contributed by atoms with Crippen molar-refractivity contribution in [1.29, 1.82) is 0 Å². The molecule has 0 radical (unpaired) electrons. The van der Waals surface area contributed by atoms with Crippen LogP contribution >= 0.6 is 23.8 Å². The molecule has 2 aliphatic carbocycles. The van der Waals surface area contributed by atoms with Gasteiger partial charge in [-0.05, 0) is 55.2 Å². The quantitative estimate of drug-likeness (QED) is 0.505. The van der Waals surface area contributed by atoms with Gasteiger partial charge in [-0.3, -0.25) is 14.4 Å². The standard InChI is InChI=1S/C25H25ClF3N3O3S/c26-17-8-9-20(36)18(10-17)22(33)31-19-3-1-2-16-13-32(23(34)21(16)19)12-15-6-4-14(5-7-15)11-30-24(35)25(27,28)29/h1-3,8,10,14-15H,4-7,9,11-13H2,(H,30,35)(H,31,33). The molecule has 1 aromatic carbocycles. The Morgan fingerprint density at radius 1 is 1.14 bits per heavy atom. The molecular formula is C25H25ClF3N3O3S. The SMILES string of the molecule is O=C(Nc1cccc2c1C(=O)N(CC1CCC(CNC(=O)C(F)(F)F)CC1)C2)C1=CC(Cl)=CCC1=S. The summed E-state index contributed by atoms with van der Waals surface area (Å²) in [5.74, 6) is -2.28. The van der Waals surface area contributed by atoms with E-state index in [1.807, 2.05) is 11.4 Å². The zero-order valence-electron chi connectivity index (χ0n) is 19.3. The number of nitrogens with zero attached hydrogens (tertiary/aromatic N) is 1. The maximum Gasteiger partial charge on any atom is 0.471 e. The van der Waals surface area contributed by atoms with E-state index < -0.39 is 18.0 Å². The number of carbonyl (C=O) groups excluding carboxylic acids is 3. The van der Waals surface area contributed by atoms with Gasteiger partial charge in [0.1, 0.15) is 0 Å². The molecule has 0 spiro atoms. The molecule has 1 fully saturated rings. The Morgan fingerprint density at radius 2 is 1.83 bits per heavy atom. The first kappa shape index (κ1) is 26.3. The molecule has 1 saturated carbocycles. The molecule has 0 unspecified atom stereocenters. The topological polar surface area (TPSA) is 78.5 Å². The van der Waals surface area contributed by atoms with Crippen molar-refractivity contribution >= 4 is 52.1 Å². The predicted octanol–water partition coefficient (Wildman–Crippen LogP) is 4.89. The maximum absolute atomic E-state index is 13.3. The predicted molar refractivity (Wildman–Crippen MR) is 134 cm³/mol. The largest absolute Gasteiger partial charge is 0.471 e. The summed E-state index contributed by atoms with van der Waals surface area (Å²) in [6.45, 7) is 0.955. The number of hydrogen-bond donors (Lipinski definition) is 2. The van der Waals surface area contributed by atoms with Crippen molar-refractivity contribution in [3.8, 4) is 0 Å². The highest BCUT2D eigenvalue weighted by atomic mass is 35.5. The van der Waals surface area contributed by atoms with E-state index in [2.05, 4.69) is 5.32 Å². The summed E-state index contributed by atoms with van der Waals surface area (Å²) in [4.78, 5) is 39.4. The summed E-state index contributed by atoms with van der Waals surface area (Å²) in [6, 6.07) is 5.32. The lowest BCUT2D eigenvalue weighted by molar-refractivity contribution is -0.173. The summed E-state index contributed by atoms with van der Waals surface area (Å²) in [5.41, 5.74) is 2.00. The first-order valence-corrected chi connectivity index (χ1v) is 12.5. The van der Waals surface area contributed by atoms with E-state index in [9.17, 15) is 27.6 Å². The molecule has 36 heavy (non-hydrogen) atoms. The highest BCUT2D eigenvalue weighted by Crippen LogP contribution is 2.34. The fourth-order valence-electron chi connectivity index (χ4n) is 4.90. The fourth-order valence-corrected chi connectivity index (χ4v) is 5.32. The zero-order chi connectivity index (χ0) is 26.0. The Kier molecular flexibility index (Phi) is 7.85. The average molecular weight is 540 g/mol. The van der Waals surface area contributed by atoms with Crippen LogP contribution in [0.5, 0.6) is 0 Å². The van der Waals surface area contributed by atoms with Gasteiger partial charge in [0, 0.05) is 36.0 Å². The Morgan fingerprint density at radius 3 is 2.53 bits per heavy atom. The second-order valence-corrected chi connectivity index (χ2v) is 10.3. The minimum Gasteiger partial charge on any atom is -0.348 e. The van der Waals surface area contributed by atoms with Gasteiger partial charge in [0.2, 0.25) is 0 Å². The molecule has 192 valence electrons. The van der Waals surface area contributed by atoms with E-state index in [0.717, 1.165) is 18.4 Å². The number of benzene rings is 1. The molecule has 0 atom stereocenters. The van der Waals surface area contributed by atoms with E-state index in [0.29, 0.717) is 59.1 Å². The lowest BCUT2D eigenvalue weighted by Crippen LogP contribution is -2.40. The second-order valence-electron chi connectivity index (χ2n) is 9.35. The highest BCUT2D eigenvalue weighted by molar-refractivity contribution is 7.81. The number of amides is 3. The van der Waals surface area contributed by atoms with Crippen LogP contribution in [0.4, 0.5) is 18.9 Å². The first-order chi connectivity index (χ1) is 17.0. The molecule has 6 nitrogen and oxygen atoms in total. The van der Waals surface area contributed by atoms with Crippen LogP contribution in [0.15, 0.2) is 41.0 Å². The normalized spacial score (nSPS) is 22.1. The Balaban J connectivity index is 1.34. The van der Waals surface area contributed by atoms with Crippen molar-refractivity contribution in [3.63, 3.8) is 0 Å². The Bertz CT molecular complexity index is 1160. The molecule has 2 N–H and O–H groups in total. The third-order valence-corrected chi connectivity index (χ3v) is 7.47. The first-order valence-electron chi connectivity index (χ1n) is 11.7. The third kappa shape index (κ3) is 5.98. The lowest BCUT2D eigenvalue weighted by Gasteiger charge is -2.31. The smallest absolute Gasteiger partial charge is 0.348 e. The molecule has 0 aromatic heterocycles. The van der Waals surface area contributed by atoms with Crippen molar-refractivity contribution in [2.45, 2.75) is 44.8 Å². The molecule has 1 heterocycles. The number of halogens is 4. The van der Waals surface area contributed by atoms with Gasteiger partial charge in [-0.2, -0.15) is 13.2 Å². The van der Waals surface area contributed by atoms with Crippen LogP contribution in [0.3, 0.4) is 0 Å². The number of thiocarbonyl (C=S) groups is 1. The minimum atomic E-state index is -4.87. The molecule has 1 aromatic rings. The summed E-state index contributed by atoms with van der Waals surface area (Å²) in [7, 11) is 0. The lowest BCUT2D eigenvalue weighted by atomic mass is 9.81. The molecule has 0 saturated heterocycles. The van der Waals surface area contributed by atoms with Crippen molar-refractivity contribution < 1.29 is 27.6 Å². The average Bonchev–Trinajstić information content (AvgIpc) is 3.15. The number of fused-ring (bicyclic) bond motifs is 1. The Hall–Kier alpha value is -2.72. The summed E-state index contributed by atoms with van der Waals surface area (Å²) in [5, 5.41) is 5.22. The van der Waals surface area contributed by atoms with Gasteiger partial charge in [0.05, 0.1) is 16.8 Å². The van der Waals surface area contributed by atoms with Crippen molar-refractivity contribution in [3.05, 3.63) is 52.1 Å². The number of carbonyl (C=O) groups is 3. The molecule has 4 rings (SSSR count). The monoisotopic (exact) mass is 539 g/mol. The summed E-state index contributed by atoms with van der Waals surface area (Å²) >= 11 is 11.3. The zero-order valence-corrected chi connectivity index (χ0v) is 20.9. The van der Waals surface area contributed by atoms with Gasteiger partial charge in [0.15, 0.2) is 0 Å². The number of nitrogens with one attached hydrogen (secondary N) is 2. The van der Waals surface area contributed by atoms with Gasteiger partial charge in [-0.1, -0.05) is 42.0 Å². The van der Waals surface area contributed by atoms with Crippen molar-refractivity contribution in [2.24, 2.45) is 11.8 Å². The van der Waals surface area contributed by atoms with Crippen LogP contribution in [0.25, 0.3) is 0 Å². The van der Waals surface area contributed by atoms with E-state index in [-0.39, 0.29) is 24.3 Å². The summed E-state index contributed by atoms with van der Waals surface area (Å²) < 4.78 is 37.1. The van der Waals surface area contributed by atoms with Crippen LogP contribution in [-0.2, 0) is 16.1 Å². The van der Waals surface area contributed by atoms with Gasteiger partial charge in [0.25, 0.3) is 11.8 Å². The van der Waals surface area contributed by atoms with E-state index >= 15 is 0 Å². The molecule has 3 aliphatic rings. The number of hydrogen-bond acceptors (Lipinski definition) is 4. The third-order valence-electron chi connectivity index (χ3n) is 6.82. The second kappa shape index (κ2) is 10.7. The summed E-state index contributed by atoms with van der Waals surface area (Å²) in [6.07, 6.45) is 1.68. The number of alkyl halides is 3. The number of rotatable bonds is 6. The molecule has 3 amide bonds. The van der Waals surface area contributed by atoms with Crippen LogP contribution < -0.4 is 10.6 Å². The number of anilines is 1. The van der Waals surface area contributed by atoms with Crippen molar-refractivity contribution in [2.75, 3.05) is 18.4 Å². The Labute approximate surface area is 216 Å². The van der Waals surface area contributed by atoms with E-state index in [4.69, 9.17) is 23.8 Å². The molecule has 0 bridgehead atoms. The molecule has 1 aliphatic heterocycles. The van der Waals surface area contributed by atoms with Crippen LogP contribution in [0.2, 0.25) is 0 Å². The van der Waals surface area contributed by atoms with Crippen molar-refractivity contribution in [1.82, 2.24) is 10.2 Å². The minimum absolute atomic E-state index is 0.00306. The van der Waals surface area contributed by atoms with Crippen LogP contribution in [-0.4, -0.2) is 46.8 Å². The molecular weight excluding hydrogens is 515 g/mol.